The maximum absolute atomic E-state index is 11.9. The second-order valence-electron chi connectivity index (χ2n) is 4.25. The number of methoxy groups -OCH3 is 1. The zero-order chi connectivity index (χ0) is 14.0. The van der Waals surface area contributed by atoms with Crippen LogP contribution >= 0.6 is 0 Å². The molecule has 1 aromatic carbocycles. The Morgan fingerprint density at radius 1 is 1.53 bits per heavy atom. The van der Waals surface area contributed by atoms with Crippen LogP contribution < -0.4 is 15.2 Å². The highest BCUT2D eigenvalue weighted by molar-refractivity contribution is 7.93. The Kier molecular flexibility index (Phi) is 3.52. The van der Waals surface area contributed by atoms with Gasteiger partial charge in [-0.1, -0.05) is 5.16 Å². The van der Waals surface area contributed by atoms with E-state index in [0.29, 0.717) is 29.8 Å². The Hall–Kier alpha value is -1.96. The predicted octanol–water partition coefficient (Wildman–Crippen LogP) is 0.694. The van der Waals surface area contributed by atoms with E-state index >= 15 is 0 Å². The van der Waals surface area contributed by atoms with Crippen molar-refractivity contribution in [2.75, 3.05) is 11.8 Å². The molecule has 0 atom stereocenters. The van der Waals surface area contributed by atoms with Crippen LogP contribution in [0, 0.1) is 0 Å². The van der Waals surface area contributed by atoms with Gasteiger partial charge in [-0.05, 0) is 31.0 Å². The van der Waals surface area contributed by atoms with Gasteiger partial charge in [-0.2, -0.15) is 0 Å². The molecular formula is C11H15N3O4S. The molecular weight excluding hydrogens is 270 g/mol. The summed E-state index contributed by atoms with van der Waals surface area (Å²) in [4.78, 5) is 0. The number of hydrogen-bond acceptors (Lipinski definition) is 5. The summed E-state index contributed by atoms with van der Waals surface area (Å²) in [6.45, 7) is 0. The van der Waals surface area contributed by atoms with Crippen molar-refractivity contribution < 1.29 is 18.4 Å². The first-order chi connectivity index (χ1) is 8.97. The highest BCUT2D eigenvalue weighted by Gasteiger charge is 2.36. The number of nitrogens with two attached hydrogens (primary N) is 1. The molecule has 0 saturated heterocycles. The van der Waals surface area contributed by atoms with Crippen molar-refractivity contribution in [1.82, 2.24) is 0 Å². The lowest BCUT2D eigenvalue weighted by Crippen LogP contribution is -2.18. The normalized spacial score (nSPS) is 16.2. The van der Waals surface area contributed by atoms with Gasteiger partial charge < -0.3 is 15.7 Å². The molecule has 1 aromatic rings. The lowest BCUT2D eigenvalue weighted by molar-refractivity contribution is 0.318. The van der Waals surface area contributed by atoms with E-state index in [2.05, 4.69) is 9.88 Å². The number of nitrogens with zero attached hydrogens (tertiary/aromatic N) is 1. The summed E-state index contributed by atoms with van der Waals surface area (Å²) in [7, 11) is -1.94. The van der Waals surface area contributed by atoms with Crippen LogP contribution in [-0.2, 0) is 10.0 Å². The van der Waals surface area contributed by atoms with Gasteiger partial charge in [-0.15, -0.1) is 0 Å². The molecule has 19 heavy (non-hydrogen) atoms. The minimum atomic E-state index is -3.35. The third-order valence-electron chi connectivity index (χ3n) is 2.82. The standard InChI is InChI=1S/C11H15N3O4S/c1-18-10-6-7(11(12)13-15)2-5-9(10)14-19(16,17)8-3-4-8/h2,5-6,8,14-15H,3-4H2,1H3,(H2,12,13). The monoisotopic (exact) mass is 285 g/mol. The molecule has 0 radical (unpaired) electrons. The van der Waals surface area contributed by atoms with Crippen LogP contribution in [-0.4, -0.2) is 31.8 Å². The molecule has 8 heteroatoms. The van der Waals surface area contributed by atoms with Crippen molar-refractivity contribution in [3.63, 3.8) is 0 Å². The van der Waals surface area contributed by atoms with Gasteiger partial charge in [0.1, 0.15) is 5.75 Å². The van der Waals surface area contributed by atoms with Crippen LogP contribution in [0.5, 0.6) is 5.75 Å². The molecule has 1 saturated carbocycles. The Bertz CT molecular complexity index is 608. The van der Waals surface area contributed by atoms with Gasteiger partial charge in [0.2, 0.25) is 10.0 Å². The number of rotatable bonds is 5. The number of hydrogen-bond donors (Lipinski definition) is 3. The van der Waals surface area contributed by atoms with Gasteiger partial charge in [0.15, 0.2) is 5.84 Å². The molecule has 0 spiro atoms. The van der Waals surface area contributed by atoms with Crippen LogP contribution in [0.3, 0.4) is 0 Å². The number of amidine groups is 1. The van der Waals surface area contributed by atoms with E-state index in [-0.39, 0.29) is 11.1 Å². The number of benzene rings is 1. The third kappa shape index (κ3) is 2.90. The largest absolute Gasteiger partial charge is 0.495 e. The minimum absolute atomic E-state index is 0.0742. The molecule has 2 rings (SSSR count). The lowest BCUT2D eigenvalue weighted by Gasteiger charge is -2.12. The summed E-state index contributed by atoms with van der Waals surface area (Å²) in [5, 5.41) is 11.2. The van der Waals surface area contributed by atoms with Crippen molar-refractivity contribution in [3.05, 3.63) is 23.8 Å². The van der Waals surface area contributed by atoms with Gasteiger partial charge in [-0.25, -0.2) is 8.42 Å². The average molecular weight is 285 g/mol. The highest BCUT2D eigenvalue weighted by atomic mass is 32.2. The fourth-order valence-corrected chi connectivity index (χ4v) is 3.01. The van der Waals surface area contributed by atoms with Gasteiger partial charge in [-0.3, -0.25) is 4.72 Å². The Morgan fingerprint density at radius 3 is 2.74 bits per heavy atom. The zero-order valence-electron chi connectivity index (χ0n) is 10.3. The number of oxime groups is 1. The maximum Gasteiger partial charge on any atom is 0.235 e. The minimum Gasteiger partial charge on any atom is -0.495 e. The van der Waals surface area contributed by atoms with Crippen LogP contribution in [0.15, 0.2) is 23.4 Å². The molecule has 0 aliphatic heterocycles. The van der Waals surface area contributed by atoms with Crippen LogP contribution in [0.2, 0.25) is 0 Å². The first kappa shape index (κ1) is 13.5. The molecule has 0 bridgehead atoms. The van der Waals surface area contributed by atoms with Crippen molar-refractivity contribution in [2.45, 2.75) is 18.1 Å². The molecule has 0 unspecified atom stereocenters. The summed E-state index contributed by atoms with van der Waals surface area (Å²) in [5.41, 5.74) is 6.23. The van der Waals surface area contributed by atoms with Crippen LogP contribution in [0.25, 0.3) is 0 Å². The molecule has 0 aromatic heterocycles. The Labute approximate surface area is 111 Å². The van der Waals surface area contributed by atoms with E-state index in [4.69, 9.17) is 15.7 Å². The van der Waals surface area contributed by atoms with E-state index in [0.717, 1.165) is 0 Å². The van der Waals surface area contributed by atoms with E-state index in [1.807, 2.05) is 0 Å². The highest BCUT2D eigenvalue weighted by Crippen LogP contribution is 2.33. The summed E-state index contributed by atoms with van der Waals surface area (Å²) in [6.07, 6.45) is 1.36. The Morgan fingerprint density at radius 2 is 2.21 bits per heavy atom. The first-order valence-corrected chi connectivity index (χ1v) is 7.20. The van der Waals surface area contributed by atoms with E-state index in [1.165, 1.54) is 19.2 Å². The number of anilines is 1. The zero-order valence-corrected chi connectivity index (χ0v) is 11.1. The lowest BCUT2D eigenvalue weighted by atomic mass is 10.2. The van der Waals surface area contributed by atoms with Crippen LogP contribution in [0.1, 0.15) is 18.4 Å². The summed E-state index contributed by atoms with van der Waals surface area (Å²) in [6, 6.07) is 4.56. The van der Waals surface area contributed by atoms with Gasteiger partial charge >= 0.3 is 0 Å². The quantitative estimate of drug-likeness (QED) is 0.319. The van der Waals surface area contributed by atoms with E-state index in [1.54, 1.807) is 6.07 Å². The number of sulfonamides is 1. The smallest absolute Gasteiger partial charge is 0.235 e. The van der Waals surface area contributed by atoms with Crippen molar-refractivity contribution in [3.8, 4) is 5.75 Å². The topological polar surface area (TPSA) is 114 Å². The maximum atomic E-state index is 11.9. The van der Waals surface area contributed by atoms with Crippen molar-refractivity contribution in [2.24, 2.45) is 10.9 Å². The number of ether oxygens (including phenoxy) is 1. The van der Waals surface area contributed by atoms with Gasteiger partial charge in [0, 0.05) is 5.56 Å². The fraction of sp³-hybridized carbons (Fsp3) is 0.364. The molecule has 1 aliphatic carbocycles. The van der Waals surface area contributed by atoms with Crippen molar-refractivity contribution >= 4 is 21.5 Å². The summed E-state index contributed by atoms with van der Waals surface area (Å²) < 4.78 is 31.3. The molecule has 7 nitrogen and oxygen atoms in total. The number of nitrogens with one attached hydrogen (secondary N) is 1. The Balaban J connectivity index is 2.31. The molecule has 0 heterocycles. The van der Waals surface area contributed by atoms with Gasteiger partial charge in [0.05, 0.1) is 18.0 Å². The predicted molar refractivity (Wildman–Crippen MR) is 71.1 cm³/mol. The molecule has 0 amide bonds. The third-order valence-corrected chi connectivity index (χ3v) is 4.67. The van der Waals surface area contributed by atoms with Crippen LogP contribution in [0.4, 0.5) is 5.69 Å². The summed E-state index contributed by atoms with van der Waals surface area (Å²) >= 11 is 0. The average Bonchev–Trinajstić information content (AvgIpc) is 3.22. The fourth-order valence-electron chi connectivity index (χ4n) is 1.61. The van der Waals surface area contributed by atoms with E-state index in [9.17, 15) is 8.42 Å². The molecule has 1 aliphatic rings. The molecule has 1 fully saturated rings. The van der Waals surface area contributed by atoms with Gasteiger partial charge in [0.25, 0.3) is 0 Å². The SMILES string of the molecule is COc1cc(/C(N)=N/O)ccc1NS(=O)(=O)C1CC1. The summed E-state index contributed by atoms with van der Waals surface area (Å²) in [5.74, 6) is 0.239. The molecule has 104 valence electrons. The molecule has 4 N–H and O–H groups in total. The first-order valence-electron chi connectivity index (χ1n) is 5.65. The second kappa shape index (κ2) is 4.96. The van der Waals surface area contributed by atoms with E-state index < -0.39 is 10.0 Å². The van der Waals surface area contributed by atoms with Crippen molar-refractivity contribution in [1.29, 1.82) is 0 Å². The second-order valence-corrected chi connectivity index (χ2v) is 6.21.